The first-order valence-electron chi connectivity index (χ1n) is 5.81. The lowest BCUT2D eigenvalue weighted by atomic mass is 10.2. The van der Waals surface area contributed by atoms with Crippen LogP contribution in [-0.2, 0) is 20.2 Å². The summed E-state index contributed by atoms with van der Waals surface area (Å²) in [6, 6.07) is 7.37. The van der Waals surface area contributed by atoms with E-state index in [0.29, 0.717) is 11.0 Å². The second-order valence-corrected chi connectivity index (χ2v) is 7.32. The smallest absolute Gasteiger partial charge is 0.282 e. The molecule has 0 aliphatic carbocycles. The van der Waals surface area contributed by atoms with Crippen LogP contribution in [0.1, 0.15) is 0 Å². The molecule has 8 nitrogen and oxygen atoms in total. The highest BCUT2D eigenvalue weighted by molar-refractivity contribution is 7.86. The molecule has 114 valence electrons. The third-order valence-electron chi connectivity index (χ3n) is 2.97. The second-order valence-electron chi connectivity index (χ2n) is 4.47. The third kappa shape index (κ3) is 2.64. The van der Waals surface area contributed by atoms with Crippen LogP contribution in [0.15, 0.2) is 46.2 Å². The fourth-order valence-corrected chi connectivity index (χ4v) is 2.96. The maximum atomic E-state index is 11.1. The van der Waals surface area contributed by atoms with Crippen LogP contribution in [0.3, 0.4) is 0 Å². The van der Waals surface area contributed by atoms with Gasteiger partial charge in [0.1, 0.15) is 0 Å². The molecule has 2 aromatic carbocycles. The first-order valence-corrected chi connectivity index (χ1v) is 8.69. The van der Waals surface area contributed by atoms with Crippen LogP contribution in [0.2, 0.25) is 0 Å². The Morgan fingerprint density at radius 3 is 1.36 bits per heavy atom. The molecular formula is C12H8N2O6S2. The summed E-state index contributed by atoms with van der Waals surface area (Å²) in [5, 5.41) is 0. The number of hydrogen-bond donors (Lipinski definition) is 2. The standard InChI is InChI=1S/C12H8N2O6S2/c15-21(16,17)7-1-3-9-11(5-7)14-12-6-8(22(18,19)20)2-4-10(12)13-9/h1-6H,(H,15,16,17)(H,18,19,20). The van der Waals surface area contributed by atoms with E-state index in [1.807, 2.05) is 0 Å². The summed E-state index contributed by atoms with van der Waals surface area (Å²) >= 11 is 0. The SMILES string of the molecule is O=S(=O)(O)c1ccc2nc3ccc(S(=O)(=O)O)cc3nc2c1. The first-order chi connectivity index (χ1) is 10.1. The van der Waals surface area contributed by atoms with Crippen molar-refractivity contribution in [2.45, 2.75) is 9.79 Å². The van der Waals surface area contributed by atoms with Crippen molar-refractivity contribution < 1.29 is 25.9 Å². The zero-order valence-corrected chi connectivity index (χ0v) is 12.3. The van der Waals surface area contributed by atoms with Crippen LogP contribution in [-0.4, -0.2) is 35.9 Å². The fourth-order valence-electron chi connectivity index (χ4n) is 1.96. The number of hydrogen-bond acceptors (Lipinski definition) is 6. The van der Waals surface area contributed by atoms with Crippen molar-refractivity contribution in [1.82, 2.24) is 9.97 Å². The summed E-state index contributed by atoms with van der Waals surface area (Å²) in [7, 11) is -8.77. The van der Waals surface area contributed by atoms with E-state index in [0.717, 1.165) is 12.1 Å². The molecule has 3 rings (SSSR count). The first kappa shape index (κ1) is 14.8. The van der Waals surface area contributed by atoms with E-state index in [1.165, 1.54) is 24.3 Å². The largest absolute Gasteiger partial charge is 0.294 e. The predicted octanol–water partition coefficient (Wildman–Crippen LogP) is 1.28. The molecule has 22 heavy (non-hydrogen) atoms. The number of benzene rings is 2. The predicted molar refractivity (Wildman–Crippen MR) is 76.7 cm³/mol. The topological polar surface area (TPSA) is 135 Å². The molecule has 0 atom stereocenters. The molecule has 1 heterocycles. The van der Waals surface area contributed by atoms with Gasteiger partial charge in [0.05, 0.1) is 31.9 Å². The Hall–Kier alpha value is -2.14. The Morgan fingerprint density at radius 2 is 1.00 bits per heavy atom. The molecule has 2 N–H and O–H groups in total. The number of fused-ring (bicyclic) bond motifs is 2. The van der Waals surface area contributed by atoms with Gasteiger partial charge < -0.3 is 0 Å². The molecule has 0 fully saturated rings. The van der Waals surface area contributed by atoms with Crippen molar-refractivity contribution >= 4 is 42.3 Å². The normalized spacial score (nSPS) is 12.8. The van der Waals surface area contributed by atoms with Crippen LogP contribution >= 0.6 is 0 Å². The van der Waals surface area contributed by atoms with Gasteiger partial charge in [0.2, 0.25) is 0 Å². The number of nitrogens with zero attached hydrogens (tertiary/aromatic N) is 2. The van der Waals surface area contributed by atoms with Gasteiger partial charge in [-0.2, -0.15) is 16.8 Å². The van der Waals surface area contributed by atoms with Crippen molar-refractivity contribution in [2.75, 3.05) is 0 Å². The average Bonchev–Trinajstić information content (AvgIpc) is 2.41. The molecule has 1 aromatic heterocycles. The summed E-state index contributed by atoms with van der Waals surface area (Å²) in [6.07, 6.45) is 0. The van der Waals surface area contributed by atoms with Gasteiger partial charge >= 0.3 is 0 Å². The monoisotopic (exact) mass is 340 g/mol. The highest BCUT2D eigenvalue weighted by Crippen LogP contribution is 2.21. The minimum atomic E-state index is -4.38. The van der Waals surface area contributed by atoms with Crippen LogP contribution in [0.4, 0.5) is 0 Å². The van der Waals surface area contributed by atoms with Crippen molar-refractivity contribution in [3.05, 3.63) is 36.4 Å². The summed E-state index contributed by atoms with van der Waals surface area (Å²) in [6.45, 7) is 0. The number of aromatic nitrogens is 2. The third-order valence-corrected chi connectivity index (χ3v) is 4.67. The lowest BCUT2D eigenvalue weighted by Crippen LogP contribution is -2.00. The minimum Gasteiger partial charge on any atom is -0.282 e. The Balaban J connectivity index is 2.33. The van der Waals surface area contributed by atoms with E-state index in [2.05, 4.69) is 9.97 Å². The van der Waals surface area contributed by atoms with E-state index in [9.17, 15) is 16.8 Å². The zero-order valence-electron chi connectivity index (χ0n) is 10.7. The molecule has 0 saturated carbocycles. The highest BCUT2D eigenvalue weighted by atomic mass is 32.2. The van der Waals surface area contributed by atoms with Gasteiger partial charge in [0.25, 0.3) is 20.2 Å². The maximum Gasteiger partial charge on any atom is 0.294 e. The van der Waals surface area contributed by atoms with E-state index >= 15 is 0 Å². The number of rotatable bonds is 2. The van der Waals surface area contributed by atoms with Gasteiger partial charge in [-0.1, -0.05) is 0 Å². The van der Waals surface area contributed by atoms with Crippen LogP contribution in [0, 0.1) is 0 Å². The molecule has 0 unspecified atom stereocenters. The zero-order chi connectivity index (χ0) is 16.1. The Labute approximate surface area is 124 Å². The van der Waals surface area contributed by atoms with Crippen LogP contribution in [0.25, 0.3) is 22.1 Å². The van der Waals surface area contributed by atoms with E-state index in [4.69, 9.17) is 9.11 Å². The summed E-state index contributed by atoms with van der Waals surface area (Å²) in [4.78, 5) is 7.63. The van der Waals surface area contributed by atoms with Gasteiger partial charge in [0.15, 0.2) is 0 Å². The van der Waals surface area contributed by atoms with Gasteiger partial charge in [0, 0.05) is 0 Å². The molecule has 0 aliphatic rings. The van der Waals surface area contributed by atoms with Gasteiger partial charge in [-0.3, -0.25) is 9.11 Å². The summed E-state index contributed by atoms with van der Waals surface area (Å²) < 4.78 is 62.5. The van der Waals surface area contributed by atoms with Gasteiger partial charge in [-0.25, -0.2) is 9.97 Å². The van der Waals surface area contributed by atoms with Crippen molar-refractivity contribution in [3.8, 4) is 0 Å². The van der Waals surface area contributed by atoms with E-state index in [-0.39, 0.29) is 20.8 Å². The van der Waals surface area contributed by atoms with Gasteiger partial charge in [-0.05, 0) is 36.4 Å². The van der Waals surface area contributed by atoms with Crippen molar-refractivity contribution in [1.29, 1.82) is 0 Å². The molecule has 0 saturated heterocycles. The Morgan fingerprint density at radius 1 is 0.636 bits per heavy atom. The fraction of sp³-hybridized carbons (Fsp3) is 0. The van der Waals surface area contributed by atoms with E-state index in [1.54, 1.807) is 0 Å². The summed E-state index contributed by atoms with van der Waals surface area (Å²) in [5.74, 6) is 0. The van der Waals surface area contributed by atoms with Crippen molar-refractivity contribution in [2.24, 2.45) is 0 Å². The summed E-state index contributed by atoms with van der Waals surface area (Å²) in [5.41, 5.74) is 1.07. The molecule has 10 heteroatoms. The van der Waals surface area contributed by atoms with Crippen LogP contribution in [0.5, 0.6) is 0 Å². The van der Waals surface area contributed by atoms with Gasteiger partial charge in [-0.15, -0.1) is 0 Å². The second kappa shape index (κ2) is 4.68. The molecule has 0 spiro atoms. The molecule has 3 aromatic rings. The van der Waals surface area contributed by atoms with Crippen LogP contribution < -0.4 is 0 Å². The highest BCUT2D eigenvalue weighted by Gasteiger charge is 2.14. The molecule has 0 aliphatic heterocycles. The molecule has 0 radical (unpaired) electrons. The molecule has 0 amide bonds. The average molecular weight is 340 g/mol. The Bertz CT molecular complexity index is 1040. The van der Waals surface area contributed by atoms with Crippen molar-refractivity contribution in [3.63, 3.8) is 0 Å². The lowest BCUT2D eigenvalue weighted by molar-refractivity contribution is 0.481. The Kier molecular flexibility index (Phi) is 3.14. The lowest BCUT2D eigenvalue weighted by Gasteiger charge is -2.04. The quantitative estimate of drug-likeness (QED) is 0.526. The minimum absolute atomic E-state index is 0.162. The molecular weight excluding hydrogens is 332 g/mol. The maximum absolute atomic E-state index is 11.1. The van der Waals surface area contributed by atoms with E-state index < -0.39 is 20.2 Å². The molecule has 0 bridgehead atoms.